The average molecular weight is 449 g/mol. The lowest BCUT2D eigenvalue weighted by Gasteiger charge is -2.10. The molecule has 0 spiro atoms. The number of nitrogens with two attached hydrogens (primary N) is 1. The molecule has 5 aromatic rings. The van der Waals surface area contributed by atoms with E-state index in [1.165, 1.54) is 17.8 Å². The van der Waals surface area contributed by atoms with Gasteiger partial charge in [0.1, 0.15) is 17.3 Å². The van der Waals surface area contributed by atoms with Gasteiger partial charge in [0.25, 0.3) is 0 Å². The normalized spacial score (nSPS) is 11.7. The van der Waals surface area contributed by atoms with Crippen LogP contribution in [0.25, 0.3) is 33.2 Å². The van der Waals surface area contributed by atoms with Crippen LogP contribution in [0.4, 0.5) is 21.8 Å². The minimum absolute atomic E-state index is 0.0227. The molecule has 3 heterocycles. The molecular weight excluding hydrogens is 427 g/mol. The molecule has 162 valence electrons. The fourth-order valence-electron chi connectivity index (χ4n) is 3.69. The Hall–Kier alpha value is -3.66. The zero-order chi connectivity index (χ0) is 22.4. The van der Waals surface area contributed by atoms with Crippen LogP contribution in [0.15, 0.2) is 47.5 Å². The molecule has 8 nitrogen and oxygen atoms in total. The molecule has 0 aliphatic heterocycles. The fraction of sp³-hybridized carbons (Fsp3) is 0.182. The number of anilines is 3. The smallest absolute Gasteiger partial charge is 0.231 e. The number of fused-ring (bicyclic) bond motifs is 2. The van der Waals surface area contributed by atoms with Gasteiger partial charge in [0.05, 0.1) is 22.8 Å². The van der Waals surface area contributed by atoms with E-state index in [1.807, 2.05) is 44.4 Å². The van der Waals surface area contributed by atoms with Crippen molar-refractivity contribution in [1.29, 1.82) is 0 Å². The van der Waals surface area contributed by atoms with Crippen molar-refractivity contribution < 1.29 is 4.39 Å². The zero-order valence-corrected chi connectivity index (χ0v) is 18.5. The lowest BCUT2D eigenvalue weighted by molar-refractivity contribution is 0.548. The molecule has 32 heavy (non-hydrogen) atoms. The highest BCUT2D eigenvalue weighted by atomic mass is 32.2. The minimum Gasteiger partial charge on any atom is -0.383 e. The Morgan fingerprint density at radius 1 is 1.19 bits per heavy atom. The standard InChI is InChI=1S/C22H21FN8S/c1-11(2)31-21-18(19(30-31)13-5-4-6-16-14(13)10-25-29-16)20(24)27-22(28-21)26-17-8-7-12(32-3)9-15(17)23/h4-11H,1-3H3,(H,25,29)(H3,24,26,27,28). The van der Waals surface area contributed by atoms with Crippen molar-refractivity contribution in [2.75, 3.05) is 17.3 Å². The second kappa shape index (κ2) is 7.79. The molecule has 2 aromatic carbocycles. The lowest BCUT2D eigenvalue weighted by Crippen LogP contribution is -2.07. The summed E-state index contributed by atoms with van der Waals surface area (Å²) in [4.78, 5) is 9.90. The molecule has 3 aromatic heterocycles. The quantitative estimate of drug-likeness (QED) is 0.319. The van der Waals surface area contributed by atoms with E-state index in [4.69, 9.17) is 10.8 Å². The van der Waals surface area contributed by atoms with E-state index < -0.39 is 0 Å². The van der Waals surface area contributed by atoms with Crippen LogP contribution in [0.5, 0.6) is 0 Å². The van der Waals surface area contributed by atoms with Gasteiger partial charge >= 0.3 is 0 Å². The summed E-state index contributed by atoms with van der Waals surface area (Å²) in [5.74, 6) is 0.0884. The van der Waals surface area contributed by atoms with Crippen LogP contribution in [0.2, 0.25) is 0 Å². The van der Waals surface area contributed by atoms with Crippen molar-refractivity contribution >= 4 is 51.2 Å². The Labute approximate surface area is 187 Å². The largest absolute Gasteiger partial charge is 0.383 e. The summed E-state index contributed by atoms with van der Waals surface area (Å²) in [5.41, 5.74) is 9.72. The minimum atomic E-state index is -0.385. The molecule has 0 bridgehead atoms. The summed E-state index contributed by atoms with van der Waals surface area (Å²) in [6.07, 6.45) is 3.66. The van der Waals surface area contributed by atoms with Gasteiger partial charge in [-0.1, -0.05) is 12.1 Å². The van der Waals surface area contributed by atoms with Gasteiger partial charge in [-0.2, -0.15) is 20.2 Å². The van der Waals surface area contributed by atoms with Crippen LogP contribution in [0.3, 0.4) is 0 Å². The van der Waals surface area contributed by atoms with E-state index >= 15 is 0 Å². The van der Waals surface area contributed by atoms with Gasteiger partial charge < -0.3 is 11.1 Å². The SMILES string of the molecule is CSc1ccc(Nc2nc(N)c3c(-c4cccc5[nH]ncc45)nn(C(C)C)c3n2)c(F)c1. The molecule has 0 aliphatic rings. The van der Waals surface area contributed by atoms with Gasteiger partial charge in [-0.25, -0.2) is 9.07 Å². The van der Waals surface area contributed by atoms with E-state index in [2.05, 4.69) is 25.5 Å². The summed E-state index contributed by atoms with van der Waals surface area (Å²) in [7, 11) is 0. The summed E-state index contributed by atoms with van der Waals surface area (Å²) in [6, 6.07) is 10.8. The van der Waals surface area contributed by atoms with Crippen molar-refractivity contribution in [1.82, 2.24) is 29.9 Å². The molecule has 5 rings (SSSR count). The van der Waals surface area contributed by atoms with Gasteiger partial charge in [-0.15, -0.1) is 11.8 Å². The number of nitrogen functional groups attached to an aromatic ring is 1. The van der Waals surface area contributed by atoms with Gasteiger partial charge in [0.15, 0.2) is 5.65 Å². The second-order valence-corrected chi connectivity index (χ2v) is 8.51. The number of hydrogen-bond acceptors (Lipinski definition) is 7. The predicted molar refractivity (Wildman–Crippen MR) is 127 cm³/mol. The van der Waals surface area contributed by atoms with Crippen molar-refractivity contribution in [2.45, 2.75) is 24.8 Å². The van der Waals surface area contributed by atoms with Gasteiger partial charge in [0.2, 0.25) is 5.95 Å². The topological polar surface area (TPSA) is 110 Å². The Bertz CT molecular complexity index is 1460. The van der Waals surface area contributed by atoms with E-state index in [-0.39, 0.29) is 29.3 Å². The first-order valence-corrected chi connectivity index (χ1v) is 11.3. The van der Waals surface area contributed by atoms with Crippen LogP contribution >= 0.6 is 11.8 Å². The van der Waals surface area contributed by atoms with Crippen molar-refractivity contribution in [3.63, 3.8) is 0 Å². The third-order valence-corrected chi connectivity index (χ3v) is 5.96. The van der Waals surface area contributed by atoms with Crippen LogP contribution in [0, 0.1) is 5.82 Å². The van der Waals surface area contributed by atoms with Crippen molar-refractivity contribution in [2.24, 2.45) is 0 Å². The maximum Gasteiger partial charge on any atom is 0.231 e. The summed E-state index contributed by atoms with van der Waals surface area (Å²) in [5, 5.41) is 16.5. The number of nitrogens with one attached hydrogen (secondary N) is 2. The maximum atomic E-state index is 14.5. The molecular formula is C22H21FN8S. The fourth-order valence-corrected chi connectivity index (χ4v) is 4.11. The molecule has 4 N–H and O–H groups in total. The number of nitrogens with zero attached hydrogens (tertiary/aromatic N) is 5. The van der Waals surface area contributed by atoms with Gasteiger partial charge in [-0.3, -0.25) is 5.10 Å². The summed E-state index contributed by atoms with van der Waals surface area (Å²) in [6.45, 7) is 4.03. The van der Waals surface area contributed by atoms with Crippen LogP contribution in [-0.2, 0) is 0 Å². The summed E-state index contributed by atoms with van der Waals surface area (Å²) >= 11 is 1.47. The zero-order valence-electron chi connectivity index (χ0n) is 17.7. The third kappa shape index (κ3) is 3.32. The van der Waals surface area contributed by atoms with E-state index in [9.17, 15) is 4.39 Å². The molecule has 0 aliphatic carbocycles. The third-order valence-electron chi connectivity index (χ3n) is 5.23. The lowest BCUT2D eigenvalue weighted by atomic mass is 10.1. The predicted octanol–water partition coefficient (Wildman–Crippen LogP) is 5.14. The molecule has 0 atom stereocenters. The van der Waals surface area contributed by atoms with Crippen LogP contribution < -0.4 is 11.1 Å². The Morgan fingerprint density at radius 2 is 2.03 bits per heavy atom. The Kier molecular flexibility index (Phi) is 4.93. The number of aromatic amines is 1. The van der Waals surface area contributed by atoms with Crippen LogP contribution in [-0.4, -0.2) is 36.2 Å². The first-order chi connectivity index (χ1) is 15.5. The highest BCUT2D eigenvalue weighted by Gasteiger charge is 2.22. The number of halogens is 1. The number of benzene rings is 2. The van der Waals surface area contributed by atoms with E-state index in [0.29, 0.717) is 16.7 Å². The molecule has 0 fully saturated rings. The molecule has 0 saturated carbocycles. The number of H-pyrrole nitrogens is 1. The molecule has 0 saturated heterocycles. The molecule has 0 radical (unpaired) electrons. The second-order valence-electron chi connectivity index (χ2n) is 7.63. The van der Waals surface area contributed by atoms with Gasteiger partial charge in [-0.05, 0) is 44.4 Å². The Balaban J connectivity index is 1.67. The summed E-state index contributed by atoms with van der Waals surface area (Å²) < 4.78 is 16.3. The van der Waals surface area contributed by atoms with Gasteiger partial charge in [0, 0.05) is 21.9 Å². The first-order valence-electron chi connectivity index (χ1n) is 10.0. The maximum absolute atomic E-state index is 14.5. The highest BCUT2D eigenvalue weighted by Crippen LogP contribution is 2.36. The van der Waals surface area contributed by atoms with Crippen molar-refractivity contribution in [3.05, 3.63) is 48.4 Å². The number of thioether (sulfide) groups is 1. The monoisotopic (exact) mass is 448 g/mol. The molecule has 0 unspecified atom stereocenters. The highest BCUT2D eigenvalue weighted by molar-refractivity contribution is 7.98. The van der Waals surface area contributed by atoms with E-state index in [1.54, 1.807) is 16.9 Å². The Morgan fingerprint density at radius 3 is 2.78 bits per heavy atom. The number of aromatic nitrogens is 6. The first kappa shape index (κ1) is 20.3. The molecule has 0 amide bonds. The van der Waals surface area contributed by atoms with E-state index in [0.717, 1.165) is 21.4 Å². The number of hydrogen-bond donors (Lipinski definition) is 3. The van der Waals surface area contributed by atoms with Crippen molar-refractivity contribution in [3.8, 4) is 11.3 Å². The van der Waals surface area contributed by atoms with Crippen LogP contribution in [0.1, 0.15) is 19.9 Å². The number of rotatable bonds is 5. The average Bonchev–Trinajstić information content (AvgIpc) is 3.40. The molecule has 10 heteroatoms.